The van der Waals surface area contributed by atoms with Crippen molar-refractivity contribution in [3.8, 4) is 11.5 Å². The van der Waals surface area contributed by atoms with E-state index in [1.54, 1.807) is 0 Å². The van der Waals surface area contributed by atoms with Crippen LogP contribution in [0.5, 0.6) is 11.5 Å². The van der Waals surface area contributed by atoms with Crippen molar-refractivity contribution in [3.05, 3.63) is 28.8 Å². The van der Waals surface area contributed by atoms with Crippen molar-refractivity contribution >= 4 is 10.9 Å². The SMILES string of the molecule is CCCn1cnc2cc(O)c(O)cc2c1=O. The van der Waals surface area contributed by atoms with E-state index in [9.17, 15) is 15.0 Å². The lowest BCUT2D eigenvalue weighted by molar-refractivity contribution is 0.404. The number of phenols is 2. The van der Waals surface area contributed by atoms with Crippen molar-refractivity contribution in [1.82, 2.24) is 9.55 Å². The number of nitrogens with zero attached hydrogens (tertiary/aromatic N) is 2. The van der Waals surface area contributed by atoms with Crippen LogP contribution < -0.4 is 5.56 Å². The first-order valence-electron chi connectivity index (χ1n) is 5.04. The molecule has 0 radical (unpaired) electrons. The maximum absolute atomic E-state index is 11.9. The number of rotatable bonds is 2. The molecular formula is C11H12N2O3. The summed E-state index contributed by atoms with van der Waals surface area (Å²) in [5.74, 6) is -0.576. The maximum atomic E-state index is 11.9. The number of hydrogen-bond donors (Lipinski definition) is 2. The minimum atomic E-state index is -0.305. The molecule has 0 aliphatic rings. The van der Waals surface area contributed by atoms with E-state index in [0.29, 0.717) is 17.4 Å². The van der Waals surface area contributed by atoms with E-state index >= 15 is 0 Å². The van der Waals surface area contributed by atoms with Crippen LogP contribution in [-0.4, -0.2) is 19.8 Å². The van der Waals surface area contributed by atoms with Crippen molar-refractivity contribution in [3.63, 3.8) is 0 Å². The Morgan fingerprint density at radius 2 is 2.00 bits per heavy atom. The molecule has 0 aliphatic heterocycles. The van der Waals surface area contributed by atoms with Gasteiger partial charge in [-0.25, -0.2) is 4.98 Å². The van der Waals surface area contributed by atoms with E-state index in [4.69, 9.17) is 0 Å². The predicted octanol–water partition coefficient (Wildman–Crippen LogP) is 1.22. The van der Waals surface area contributed by atoms with Crippen LogP contribution in [0.15, 0.2) is 23.3 Å². The van der Waals surface area contributed by atoms with Crippen LogP contribution >= 0.6 is 0 Å². The molecule has 84 valence electrons. The summed E-state index contributed by atoms with van der Waals surface area (Å²) in [6.07, 6.45) is 2.28. The molecule has 1 heterocycles. The Balaban J connectivity index is 2.74. The Labute approximate surface area is 91.6 Å². The third kappa shape index (κ3) is 1.60. The highest BCUT2D eigenvalue weighted by atomic mass is 16.3. The molecule has 16 heavy (non-hydrogen) atoms. The molecule has 0 saturated carbocycles. The fourth-order valence-electron chi connectivity index (χ4n) is 1.58. The van der Waals surface area contributed by atoms with Gasteiger partial charge in [0.25, 0.3) is 5.56 Å². The lowest BCUT2D eigenvalue weighted by Gasteiger charge is -2.05. The first-order chi connectivity index (χ1) is 7.63. The smallest absolute Gasteiger partial charge is 0.261 e. The molecule has 0 aliphatic carbocycles. The average Bonchev–Trinajstić information content (AvgIpc) is 2.26. The van der Waals surface area contributed by atoms with Crippen LogP contribution in [0.1, 0.15) is 13.3 Å². The summed E-state index contributed by atoms with van der Waals surface area (Å²) in [6, 6.07) is 2.52. The van der Waals surface area contributed by atoms with Gasteiger partial charge < -0.3 is 10.2 Å². The molecule has 0 atom stereocenters. The van der Waals surface area contributed by atoms with E-state index in [2.05, 4.69) is 4.98 Å². The second-order valence-corrected chi connectivity index (χ2v) is 3.60. The summed E-state index contributed by atoms with van der Waals surface area (Å²) in [5, 5.41) is 18.9. The maximum Gasteiger partial charge on any atom is 0.261 e. The van der Waals surface area contributed by atoms with Gasteiger partial charge >= 0.3 is 0 Å². The van der Waals surface area contributed by atoms with Gasteiger partial charge in [0.05, 0.1) is 17.2 Å². The molecule has 1 aromatic carbocycles. The predicted molar refractivity (Wildman–Crippen MR) is 59.6 cm³/mol. The normalized spacial score (nSPS) is 10.8. The van der Waals surface area contributed by atoms with Gasteiger partial charge in [0.15, 0.2) is 11.5 Å². The number of aromatic hydroxyl groups is 2. The minimum Gasteiger partial charge on any atom is -0.504 e. The summed E-state index contributed by atoms with van der Waals surface area (Å²) in [4.78, 5) is 16.0. The number of fused-ring (bicyclic) bond motifs is 1. The highest BCUT2D eigenvalue weighted by Crippen LogP contribution is 2.27. The summed E-state index contributed by atoms with van der Waals surface area (Å²) < 4.78 is 1.48. The van der Waals surface area contributed by atoms with Crippen molar-refractivity contribution < 1.29 is 10.2 Å². The van der Waals surface area contributed by atoms with E-state index in [0.717, 1.165) is 6.42 Å². The topological polar surface area (TPSA) is 75.3 Å². The van der Waals surface area contributed by atoms with Gasteiger partial charge in [-0.15, -0.1) is 0 Å². The number of phenolic OH excluding ortho intramolecular Hbond substituents is 2. The Morgan fingerprint density at radius 1 is 1.31 bits per heavy atom. The largest absolute Gasteiger partial charge is 0.504 e. The Morgan fingerprint density at radius 3 is 2.69 bits per heavy atom. The monoisotopic (exact) mass is 220 g/mol. The second kappa shape index (κ2) is 3.84. The van der Waals surface area contributed by atoms with E-state index in [1.165, 1.54) is 23.0 Å². The van der Waals surface area contributed by atoms with Crippen molar-refractivity contribution in [1.29, 1.82) is 0 Å². The molecule has 5 nitrogen and oxygen atoms in total. The minimum absolute atomic E-state index is 0.206. The van der Waals surface area contributed by atoms with Gasteiger partial charge in [0.1, 0.15) is 0 Å². The lowest BCUT2D eigenvalue weighted by Crippen LogP contribution is -2.20. The summed E-state index contributed by atoms with van der Waals surface area (Å²) in [5.41, 5.74) is 0.176. The zero-order valence-electron chi connectivity index (χ0n) is 8.84. The zero-order chi connectivity index (χ0) is 11.7. The number of aromatic nitrogens is 2. The summed E-state index contributed by atoms with van der Waals surface area (Å²) in [6.45, 7) is 2.55. The molecule has 0 unspecified atom stereocenters. The molecule has 0 saturated heterocycles. The van der Waals surface area contributed by atoms with Crippen LogP contribution in [-0.2, 0) is 6.54 Å². The Bertz CT molecular complexity index is 590. The van der Waals surface area contributed by atoms with Crippen molar-refractivity contribution in [2.75, 3.05) is 0 Å². The third-order valence-corrected chi connectivity index (χ3v) is 2.38. The van der Waals surface area contributed by atoms with Crippen LogP contribution in [0.25, 0.3) is 10.9 Å². The van der Waals surface area contributed by atoms with E-state index < -0.39 is 0 Å². The van der Waals surface area contributed by atoms with Crippen LogP contribution in [0, 0.1) is 0 Å². The van der Waals surface area contributed by atoms with Crippen LogP contribution in [0.2, 0.25) is 0 Å². The third-order valence-electron chi connectivity index (χ3n) is 2.38. The fourth-order valence-corrected chi connectivity index (χ4v) is 1.58. The Kier molecular flexibility index (Phi) is 2.52. The van der Waals surface area contributed by atoms with Gasteiger partial charge in [-0.3, -0.25) is 9.36 Å². The number of hydrogen-bond acceptors (Lipinski definition) is 4. The molecule has 0 amide bonds. The number of aryl methyl sites for hydroxylation is 1. The molecule has 1 aromatic heterocycles. The second-order valence-electron chi connectivity index (χ2n) is 3.60. The van der Waals surface area contributed by atoms with Gasteiger partial charge in [0, 0.05) is 12.6 Å². The molecule has 2 N–H and O–H groups in total. The van der Waals surface area contributed by atoms with Gasteiger partial charge in [-0.1, -0.05) is 6.92 Å². The highest BCUT2D eigenvalue weighted by Gasteiger charge is 2.08. The van der Waals surface area contributed by atoms with Gasteiger partial charge in [0.2, 0.25) is 0 Å². The number of benzene rings is 1. The first-order valence-corrected chi connectivity index (χ1v) is 5.04. The molecule has 2 aromatic rings. The Hall–Kier alpha value is -2.04. The molecule has 0 bridgehead atoms. The van der Waals surface area contributed by atoms with E-state index in [-0.39, 0.29) is 17.1 Å². The summed E-state index contributed by atoms with van der Waals surface area (Å²) in [7, 11) is 0. The average molecular weight is 220 g/mol. The standard InChI is InChI=1S/C11H12N2O3/c1-2-3-13-6-12-8-5-10(15)9(14)4-7(8)11(13)16/h4-6,14-15H,2-3H2,1H3. The quantitative estimate of drug-likeness (QED) is 0.746. The highest BCUT2D eigenvalue weighted by molar-refractivity contribution is 5.81. The molecular weight excluding hydrogens is 208 g/mol. The molecule has 0 spiro atoms. The van der Waals surface area contributed by atoms with Crippen molar-refractivity contribution in [2.45, 2.75) is 19.9 Å². The van der Waals surface area contributed by atoms with Gasteiger partial charge in [-0.2, -0.15) is 0 Å². The zero-order valence-corrected chi connectivity index (χ0v) is 8.84. The van der Waals surface area contributed by atoms with Crippen LogP contribution in [0.4, 0.5) is 0 Å². The fraction of sp³-hybridized carbons (Fsp3) is 0.273. The molecule has 0 fully saturated rings. The van der Waals surface area contributed by atoms with E-state index in [1.807, 2.05) is 6.92 Å². The molecule has 5 heteroatoms. The first kappa shape index (κ1) is 10.5. The lowest BCUT2D eigenvalue weighted by atomic mass is 10.2. The van der Waals surface area contributed by atoms with Gasteiger partial charge in [-0.05, 0) is 12.5 Å². The molecule has 2 rings (SSSR count). The summed E-state index contributed by atoms with van der Waals surface area (Å²) >= 11 is 0. The van der Waals surface area contributed by atoms with Crippen LogP contribution in [0.3, 0.4) is 0 Å². The van der Waals surface area contributed by atoms with Crippen molar-refractivity contribution in [2.24, 2.45) is 0 Å².